The van der Waals surface area contributed by atoms with Gasteiger partial charge in [-0.2, -0.15) is 0 Å². The van der Waals surface area contributed by atoms with E-state index in [1.807, 2.05) is 7.05 Å². The molecule has 1 N–H and O–H groups in total. The van der Waals surface area contributed by atoms with Gasteiger partial charge in [-0.3, -0.25) is 0 Å². The van der Waals surface area contributed by atoms with Crippen molar-refractivity contribution in [2.75, 3.05) is 11.6 Å². The van der Waals surface area contributed by atoms with Gasteiger partial charge in [0.25, 0.3) is 0 Å². The predicted molar refractivity (Wildman–Crippen MR) is 21.1 cm³/mol. The normalized spacial score (nSPS) is 7.50. The SMILES string of the molecule is CN[CH2][SnH]. The molecule has 0 fully saturated rings. The van der Waals surface area contributed by atoms with Crippen LogP contribution in [-0.2, 0) is 0 Å². The van der Waals surface area contributed by atoms with E-state index in [1.165, 1.54) is 27.1 Å². The first kappa shape index (κ1) is 4.76. The topological polar surface area (TPSA) is 12.0 Å². The number of hydrogen-bond donors (Lipinski definition) is 1. The summed E-state index contributed by atoms with van der Waals surface area (Å²) in [5, 5.41) is 2.99. The van der Waals surface area contributed by atoms with Crippen LogP contribution < -0.4 is 5.32 Å². The Hall–Kier alpha value is 0.759. The molecule has 0 unspecified atom stereocenters. The molecule has 2 heteroatoms. The van der Waals surface area contributed by atoms with Crippen LogP contribution in [0.3, 0.4) is 0 Å². The standard InChI is InChI=1S/C2H6N.Sn.H/c1-3-2;;/h3H,1H2,2H3;;. The first-order chi connectivity index (χ1) is 1.91. The Bertz CT molecular complexity index is 8.00. The Labute approximate surface area is 39.9 Å². The maximum absolute atomic E-state index is 2.99. The molecule has 24 valence electrons. The van der Waals surface area contributed by atoms with Crippen LogP contribution in [0, 0.1) is 0 Å². The number of hydrogen-bond acceptors (Lipinski definition) is 1. The molecule has 4 heavy (non-hydrogen) atoms. The van der Waals surface area contributed by atoms with Gasteiger partial charge in [-0.15, -0.1) is 0 Å². The Balaban J connectivity index is 1.97. The van der Waals surface area contributed by atoms with Gasteiger partial charge < -0.3 is 0 Å². The molecule has 0 saturated carbocycles. The molecule has 0 bridgehead atoms. The third-order valence-electron chi connectivity index (χ3n) is 0.204. The molecular formula is C2H7NSn. The van der Waals surface area contributed by atoms with Crippen molar-refractivity contribution >= 4 is 22.5 Å². The van der Waals surface area contributed by atoms with Crippen molar-refractivity contribution in [3.63, 3.8) is 0 Å². The van der Waals surface area contributed by atoms with E-state index in [4.69, 9.17) is 0 Å². The van der Waals surface area contributed by atoms with Crippen LogP contribution in [0.4, 0.5) is 0 Å². The third-order valence-corrected chi connectivity index (χ3v) is 1.37. The van der Waals surface area contributed by atoms with Crippen molar-refractivity contribution in [1.82, 2.24) is 5.32 Å². The Morgan fingerprint density at radius 1 is 2.00 bits per heavy atom. The van der Waals surface area contributed by atoms with E-state index in [0.717, 1.165) is 0 Å². The summed E-state index contributed by atoms with van der Waals surface area (Å²) in [7, 11) is 1.96. The fourth-order valence-electron chi connectivity index (χ4n) is 0. The Morgan fingerprint density at radius 3 is 2.25 bits per heavy atom. The van der Waals surface area contributed by atoms with Gasteiger partial charge in [0, 0.05) is 0 Å². The van der Waals surface area contributed by atoms with E-state index in [9.17, 15) is 0 Å². The van der Waals surface area contributed by atoms with Crippen LogP contribution in [0.25, 0.3) is 0 Å². The van der Waals surface area contributed by atoms with E-state index in [2.05, 4.69) is 5.32 Å². The predicted octanol–water partition coefficient (Wildman–Crippen LogP) is -0.936. The Kier molecular flexibility index (Phi) is 4.47. The molecule has 0 aliphatic heterocycles. The molecule has 0 aromatic carbocycles. The van der Waals surface area contributed by atoms with Gasteiger partial charge in [-0.25, -0.2) is 0 Å². The molecule has 0 aromatic rings. The van der Waals surface area contributed by atoms with Crippen molar-refractivity contribution in [2.24, 2.45) is 0 Å². The first-order valence-electron chi connectivity index (χ1n) is 1.26. The fraction of sp³-hybridized carbons (Fsp3) is 1.00. The summed E-state index contributed by atoms with van der Waals surface area (Å²) in [5.74, 6) is 0. The summed E-state index contributed by atoms with van der Waals surface area (Å²) in [4.78, 5) is 0. The van der Waals surface area contributed by atoms with Gasteiger partial charge in [-0.1, -0.05) is 0 Å². The van der Waals surface area contributed by atoms with Crippen molar-refractivity contribution in [1.29, 1.82) is 0 Å². The molecule has 0 spiro atoms. The molecule has 0 atom stereocenters. The van der Waals surface area contributed by atoms with E-state index in [1.54, 1.807) is 0 Å². The molecule has 2 radical (unpaired) electrons. The van der Waals surface area contributed by atoms with Gasteiger partial charge in [0.1, 0.15) is 0 Å². The quantitative estimate of drug-likeness (QED) is 0.493. The van der Waals surface area contributed by atoms with Crippen molar-refractivity contribution in [3.05, 3.63) is 0 Å². The van der Waals surface area contributed by atoms with E-state index < -0.39 is 0 Å². The molecule has 0 aromatic heterocycles. The fourth-order valence-corrected chi connectivity index (χ4v) is 0. The minimum absolute atomic E-state index is 1.20. The average molecular weight is 164 g/mol. The van der Waals surface area contributed by atoms with Crippen molar-refractivity contribution in [3.8, 4) is 0 Å². The van der Waals surface area contributed by atoms with Crippen LogP contribution in [-0.4, -0.2) is 34.1 Å². The molecule has 0 aliphatic rings. The van der Waals surface area contributed by atoms with E-state index >= 15 is 0 Å². The number of nitrogens with one attached hydrogen (secondary N) is 1. The van der Waals surface area contributed by atoms with Crippen LogP contribution in [0.1, 0.15) is 0 Å². The molecule has 0 amide bonds. The Morgan fingerprint density at radius 2 is 2.25 bits per heavy atom. The molecule has 1 nitrogen and oxygen atoms in total. The van der Waals surface area contributed by atoms with E-state index in [-0.39, 0.29) is 0 Å². The second-order valence-corrected chi connectivity index (χ2v) is 1.72. The summed E-state index contributed by atoms with van der Waals surface area (Å²) in [5.41, 5.74) is 0. The molecule has 0 rings (SSSR count). The number of rotatable bonds is 1. The molecule has 0 aliphatic carbocycles. The van der Waals surface area contributed by atoms with Crippen LogP contribution in [0.2, 0.25) is 0 Å². The molecular weight excluding hydrogens is 157 g/mol. The van der Waals surface area contributed by atoms with Gasteiger partial charge in [-0.05, 0) is 0 Å². The second kappa shape index (κ2) is 3.76. The molecule has 0 heterocycles. The van der Waals surface area contributed by atoms with E-state index in [0.29, 0.717) is 0 Å². The van der Waals surface area contributed by atoms with Crippen molar-refractivity contribution < 1.29 is 0 Å². The van der Waals surface area contributed by atoms with Crippen LogP contribution >= 0.6 is 0 Å². The van der Waals surface area contributed by atoms with Gasteiger partial charge in [0.2, 0.25) is 0 Å². The summed E-state index contributed by atoms with van der Waals surface area (Å²) in [6.45, 7) is 0. The zero-order valence-electron chi connectivity index (χ0n) is 2.78. The zero-order chi connectivity index (χ0) is 3.41. The van der Waals surface area contributed by atoms with Crippen molar-refractivity contribution in [2.45, 2.75) is 0 Å². The summed E-state index contributed by atoms with van der Waals surface area (Å²) < 4.78 is 1.20. The first-order valence-corrected chi connectivity index (χ1v) is 3.59. The monoisotopic (exact) mass is 165 g/mol. The van der Waals surface area contributed by atoms with Gasteiger partial charge in [0.15, 0.2) is 0 Å². The maximum atomic E-state index is 2.99. The van der Waals surface area contributed by atoms with Crippen LogP contribution in [0.15, 0.2) is 0 Å². The summed E-state index contributed by atoms with van der Waals surface area (Å²) >= 11 is 1.33. The van der Waals surface area contributed by atoms with Crippen LogP contribution in [0.5, 0.6) is 0 Å². The average Bonchev–Trinajstić information content (AvgIpc) is 1.37. The summed E-state index contributed by atoms with van der Waals surface area (Å²) in [6, 6.07) is 0. The van der Waals surface area contributed by atoms with Gasteiger partial charge >= 0.3 is 39.5 Å². The molecule has 0 saturated heterocycles. The zero-order valence-corrected chi connectivity index (χ0v) is 6.08. The second-order valence-electron chi connectivity index (χ2n) is 0.558. The minimum atomic E-state index is 1.20. The summed E-state index contributed by atoms with van der Waals surface area (Å²) in [6.07, 6.45) is 0. The van der Waals surface area contributed by atoms with Gasteiger partial charge in [0.05, 0.1) is 0 Å². The third kappa shape index (κ3) is 2.76.